The Morgan fingerprint density at radius 1 is 0.886 bits per heavy atom. The molecule has 0 unspecified atom stereocenters. The number of nitrogens with zero attached hydrogens (tertiary/aromatic N) is 5. The minimum Gasteiger partial charge on any atom is -0.391 e. The van der Waals surface area contributed by atoms with Crippen LogP contribution >= 0.6 is 0 Å². The highest BCUT2D eigenvalue weighted by atomic mass is 16.3. The van der Waals surface area contributed by atoms with Gasteiger partial charge in [-0.15, -0.1) is 0 Å². The molecule has 0 amide bonds. The lowest BCUT2D eigenvalue weighted by atomic mass is 9.70. The van der Waals surface area contributed by atoms with Crippen molar-refractivity contribution in [3.63, 3.8) is 0 Å². The standard InChI is InChI=1S/C36H67N7O/c1-25(2)32-20-39-34(37)42(32)23-30-13-10-18-40(30)22-31(19-27-11-8-7-9-12-27)41-24-33(26(3)44)43(35(41)38)21-28-14-16-29(17-15-28)36(4,5)6/h25-33,38,44H,7-24H2,1-6H3,(H2,37,39)/t26-,28?,29?,30-,31+,32-,33-/m0/s1. The minimum absolute atomic E-state index is 0.0125. The molecule has 3 heterocycles. The van der Waals surface area contributed by atoms with E-state index in [1.54, 1.807) is 0 Å². The van der Waals surface area contributed by atoms with Crippen LogP contribution in [0, 0.1) is 34.5 Å². The topological polar surface area (TPSA) is 95.4 Å². The largest absolute Gasteiger partial charge is 0.391 e. The quantitative estimate of drug-likeness (QED) is 0.281. The van der Waals surface area contributed by atoms with Crippen LogP contribution in [-0.4, -0.2) is 106 Å². The second-order valence-electron chi connectivity index (χ2n) is 16.9. The molecule has 8 heteroatoms. The zero-order chi connectivity index (χ0) is 31.6. The van der Waals surface area contributed by atoms with E-state index in [2.05, 4.69) is 59.2 Å². The van der Waals surface area contributed by atoms with Gasteiger partial charge >= 0.3 is 0 Å². The summed E-state index contributed by atoms with van der Waals surface area (Å²) in [6.07, 6.45) is 15.0. The number of aliphatic hydroxyl groups is 1. The Bertz CT molecular complexity index is 962. The number of aliphatic imine (C=N–C) groups is 1. The summed E-state index contributed by atoms with van der Waals surface area (Å²) in [6.45, 7) is 19.3. The van der Waals surface area contributed by atoms with Crippen LogP contribution in [0.4, 0.5) is 0 Å². The second-order valence-corrected chi connectivity index (χ2v) is 16.9. The van der Waals surface area contributed by atoms with Gasteiger partial charge in [-0.05, 0) is 87.5 Å². The van der Waals surface area contributed by atoms with Crippen LogP contribution in [-0.2, 0) is 0 Å². The fourth-order valence-electron chi connectivity index (χ4n) is 9.45. The summed E-state index contributed by atoms with van der Waals surface area (Å²) in [5.74, 6) is 4.11. The maximum absolute atomic E-state index is 11.0. The average molecular weight is 614 g/mol. The van der Waals surface area contributed by atoms with Crippen LogP contribution in [0.3, 0.4) is 0 Å². The molecule has 0 aromatic rings. The van der Waals surface area contributed by atoms with E-state index in [0.717, 1.165) is 57.1 Å². The summed E-state index contributed by atoms with van der Waals surface area (Å²) < 4.78 is 0. The first kappa shape index (κ1) is 33.8. The first-order valence-electron chi connectivity index (χ1n) is 18.5. The molecule has 4 fully saturated rings. The SMILES string of the molecule is CC(C)[C@@H]1CN=C(N)N1C[C@@H]1CCCN1C[C@@H](CC1CCCCC1)N1C[C@@H]([C@H](C)O)N(CC2CCC(C(C)(C)C)CC2)C1=N. The van der Waals surface area contributed by atoms with E-state index in [1.807, 2.05) is 6.92 Å². The summed E-state index contributed by atoms with van der Waals surface area (Å²) in [5.41, 5.74) is 6.81. The molecule has 2 aliphatic carbocycles. The minimum atomic E-state index is -0.438. The second kappa shape index (κ2) is 14.5. The van der Waals surface area contributed by atoms with E-state index in [0.29, 0.717) is 41.3 Å². The van der Waals surface area contributed by atoms with Gasteiger partial charge in [0.05, 0.1) is 24.7 Å². The summed E-state index contributed by atoms with van der Waals surface area (Å²) in [7, 11) is 0. The van der Waals surface area contributed by atoms with Gasteiger partial charge in [-0.1, -0.05) is 66.7 Å². The fourth-order valence-corrected chi connectivity index (χ4v) is 9.45. The molecule has 0 aromatic heterocycles. The van der Waals surface area contributed by atoms with Gasteiger partial charge < -0.3 is 25.5 Å². The summed E-state index contributed by atoms with van der Waals surface area (Å²) >= 11 is 0. The lowest BCUT2D eigenvalue weighted by Crippen LogP contribution is -2.53. The van der Waals surface area contributed by atoms with E-state index < -0.39 is 6.10 Å². The van der Waals surface area contributed by atoms with Crippen molar-refractivity contribution in [3.8, 4) is 0 Å². The highest BCUT2D eigenvalue weighted by molar-refractivity contribution is 5.80. The molecule has 0 aromatic carbocycles. The number of nitrogens with one attached hydrogen (secondary N) is 1. The Kier molecular flexibility index (Phi) is 11.1. The number of rotatable bonds is 11. The highest BCUT2D eigenvalue weighted by Crippen LogP contribution is 2.41. The summed E-state index contributed by atoms with van der Waals surface area (Å²) in [5, 5.41) is 20.6. The van der Waals surface area contributed by atoms with Crippen molar-refractivity contribution in [1.29, 1.82) is 5.41 Å². The van der Waals surface area contributed by atoms with Crippen LogP contribution in [0.5, 0.6) is 0 Å². The zero-order valence-corrected chi connectivity index (χ0v) is 29.2. The molecule has 8 nitrogen and oxygen atoms in total. The van der Waals surface area contributed by atoms with Crippen LogP contribution in [0.15, 0.2) is 4.99 Å². The van der Waals surface area contributed by atoms with Gasteiger partial charge in [0.2, 0.25) is 0 Å². The van der Waals surface area contributed by atoms with Gasteiger partial charge in [-0.25, -0.2) is 0 Å². The number of nitrogens with two attached hydrogens (primary N) is 1. The predicted molar refractivity (Wildman–Crippen MR) is 183 cm³/mol. The third kappa shape index (κ3) is 7.87. The van der Waals surface area contributed by atoms with Crippen molar-refractivity contribution in [2.45, 2.75) is 149 Å². The number of likely N-dealkylation sites (tertiary alicyclic amines) is 1. The van der Waals surface area contributed by atoms with Gasteiger partial charge in [-0.3, -0.25) is 15.3 Å². The van der Waals surface area contributed by atoms with Crippen molar-refractivity contribution >= 4 is 11.9 Å². The molecular weight excluding hydrogens is 546 g/mol. The molecule has 5 rings (SSSR count). The van der Waals surface area contributed by atoms with Crippen LogP contribution in [0.25, 0.3) is 0 Å². The molecule has 5 aliphatic rings. The third-order valence-electron chi connectivity index (χ3n) is 12.4. The Balaban J connectivity index is 1.29. The van der Waals surface area contributed by atoms with Crippen molar-refractivity contribution in [2.75, 3.05) is 39.3 Å². The zero-order valence-electron chi connectivity index (χ0n) is 29.2. The maximum atomic E-state index is 11.0. The average Bonchev–Trinajstić information content (AvgIpc) is 3.67. The van der Waals surface area contributed by atoms with E-state index in [-0.39, 0.29) is 6.04 Å². The molecule has 2 saturated carbocycles. The third-order valence-corrected chi connectivity index (χ3v) is 12.4. The lowest BCUT2D eigenvalue weighted by molar-refractivity contribution is 0.0853. The van der Waals surface area contributed by atoms with Crippen LogP contribution < -0.4 is 5.73 Å². The molecular formula is C36H67N7O. The summed E-state index contributed by atoms with van der Waals surface area (Å²) in [6, 6.07) is 1.22. The van der Waals surface area contributed by atoms with E-state index >= 15 is 0 Å². The maximum Gasteiger partial charge on any atom is 0.194 e. The van der Waals surface area contributed by atoms with Crippen molar-refractivity contribution in [1.82, 2.24) is 19.6 Å². The van der Waals surface area contributed by atoms with E-state index in [1.165, 1.54) is 77.0 Å². The number of guanidine groups is 2. The summed E-state index contributed by atoms with van der Waals surface area (Å²) in [4.78, 5) is 14.5. The molecule has 5 atom stereocenters. The Hall–Kier alpha value is -1.54. The van der Waals surface area contributed by atoms with E-state index in [9.17, 15) is 10.5 Å². The fraction of sp³-hybridized carbons (Fsp3) is 0.944. The number of hydrogen-bond acceptors (Lipinski definition) is 6. The van der Waals surface area contributed by atoms with Crippen LogP contribution in [0.1, 0.15) is 119 Å². The molecule has 0 spiro atoms. The molecule has 4 N–H and O–H groups in total. The number of hydrogen-bond donors (Lipinski definition) is 3. The lowest BCUT2D eigenvalue weighted by Gasteiger charge is -2.40. The molecule has 44 heavy (non-hydrogen) atoms. The van der Waals surface area contributed by atoms with Gasteiger partial charge in [-0.2, -0.15) is 0 Å². The van der Waals surface area contributed by atoms with Crippen molar-refractivity contribution < 1.29 is 5.11 Å². The molecule has 252 valence electrons. The highest BCUT2D eigenvalue weighted by Gasteiger charge is 2.44. The van der Waals surface area contributed by atoms with Crippen molar-refractivity contribution in [3.05, 3.63) is 0 Å². The number of aliphatic hydroxyl groups excluding tert-OH is 1. The normalized spacial score (nSPS) is 32.6. The van der Waals surface area contributed by atoms with Crippen molar-refractivity contribution in [2.24, 2.45) is 39.8 Å². The van der Waals surface area contributed by atoms with Gasteiger partial charge in [0.25, 0.3) is 0 Å². The first-order valence-corrected chi connectivity index (χ1v) is 18.5. The molecule has 3 aliphatic heterocycles. The predicted octanol–water partition coefficient (Wildman–Crippen LogP) is 5.60. The Labute approximate surface area is 269 Å². The van der Waals surface area contributed by atoms with E-state index in [4.69, 9.17) is 5.73 Å². The van der Waals surface area contributed by atoms with Gasteiger partial charge in [0, 0.05) is 38.3 Å². The molecule has 2 saturated heterocycles. The Morgan fingerprint density at radius 3 is 2.23 bits per heavy atom. The van der Waals surface area contributed by atoms with Gasteiger partial charge in [0.15, 0.2) is 11.9 Å². The van der Waals surface area contributed by atoms with Gasteiger partial charge in [0.1, 0.15) is 0 Å². The first-order chi connectivity index (χ1) is 20.9. The van der Waals surface area contributed by atoms with Crippen LogP contribution in [0.2, 0.25) is 0 Å². The molecule has 0 bridgehead atoms. The smallest absolute Gasteiger partial charge is 0.194 e. The Morgan fingerprint density at radius 2 is 1.59 bits per heavy atom. The molecule has 0 radical (unpaired) electrons. The monoisotopic (exact) mass is 614 g/mol.